The van der Waals surface area contributed by atoms with E-state index in [0.29, 0.717) is 48.0 Å². The summed E-state index contributed by atoms with van der Waals surface area (Å²) in [5.74, 6) is 0.0219. The second-order valence-corrected chi connectivity index (χ2v) is 11.7. The van der Waals surface area contributed by atoms with Crippen LogP contribution in [-0.4, -0.2) is 50.6 Å². The molecular formula is C22H28ClN5O3S2. The Morgan fingerprint density at radius 2 is 2.09 bits per heavy atom. The topological polar surface area (TPSA) is 119 Å². The summed E-state index contributed by atoms with van der Waals surface area (Å²) in [6.45, 7) is 5.40. The number of thiazole rings is 1. The molecule has 178 valence electrons. The molecule has 0 spiro atoms. The van der Waals surface area contributed by atoms with Gasteiger partial charge in [0.05, 0.1) is 37.8 Å². The summed E-state index contributed by atoms with van der Waals surface area (Å²) in [4.78, 5) is 14.6. The number of anilines is 1. The van der Waals surface area contributed by atoms with Gasteiger partial charge in [0.1, 0.15) is 0 Å². The van der Waals surface area contributed by atoms with Crippen LogP contribution in [0.5, 0.6) is 0 Å². The molecule has 8 nitrogen and oxygen atoms in total. The summed E-state index contributed by atoms with van der Waals surface area (Å²) in [5.41, 5.74) is 8.32. The lowest BCUT2D eigenvalue weighted by molar-refractivity contribution is 0.0564. The molecule has 1 aromatic carbocycles. The molecule has 0 amide bonds. The molecule has 0 aliphatic carbocycles. The normalized spacial score (nSPS) is 20.5. The van der Waals surface area contributed by atoms with Crippen molar-refractivity contribution in [3.05, 3.63) is 33.1 Å². The van der Waals surface area contributed by atoms with Crippen LogP contribution < -0.4 is 10.5 Å². The molecule has 2 aliphatic heterocycles. The van der Waals surface area contributed by atoms with Crippen molar-refractivity contribution in [1.82, 2.24) is 4.98 Å². The average molecular weight is 510 g/mol. The van der Waals surface area contributed by atoms with E-state index < -0.39 is 16.3 Å². The van der Waals surface area contributed by atoms with E-state index in [1.54, 1.807) is 29.7 Å². The molecule has 3 N–H and O–H groups in total. The molecule has 4 rings (SSSR count). The van der Waals surface area contributed by atoms with Crippen LogP contribution in [0.4, 0.5) is 5.69 Å². The van der Waals surface area contributed by atoms with Gasteiger partial charge in [0, 0.05) is 36.8 Å². The van der Waals surface area contributed by atoms with Crippen LogP contribution in [0.2, 0.25) is 5.02 Å². The number of rotatable bonds is 7. The Hall–Kier alpha value is -1.85. The molecule has 11 heteroatoms. The SMILES string of the molecule is CCCS(=O)(=O)Nc1cccc(-c2nc(C3(C)CCOCC3)sc2C2=NC(N)N=CC2)c1Cl. The zero-order chi connectivity index (χ0) is 23.6. The lowest BCUT2D eigenvalue weighted by Crippen LogP contribution is -2.30. The number of halogens is 1. The Bertz CT molecular complexity index is 1190. The van der Waals surface area contributed by atoms with Crippen molar-refractivity contribution < 1.29 is 13.2 Å². The Kier molecular flexibility index (Phi) is 7.20. The first kappa shape index (κ1) is 24.3. The number of hydrogen-bond donors (Lipinski definition) is 2. The standard InChI is InChI=1S/C22H28ClN5O3S2/c1-3-13-33(29,30)28-15-6-4-5-14(17(15)23)18-19(16-7-10-25-21(24)26-16)32-20(27-18)22(2)8-11-31-12-9-22/h4-6,10,21,28H,3,7-9,11-13,24H2,1-2H3. The summed E-state index contributed by atoms with van der Waals surface area (Å²) in [7, 11) is -3.49. The summed E-state index contributed by atoms with van der Waals surface area (Å²) >= 11 is 8.34. The number of aromatic nitrogens is 1. The van der Waals surface area contributed by atoms with Crippen LogP contribution in [0, 0.1) is 0 Å². The molecule has 33 heavy (non-hydrogen) atoms. The van der Waals surface area contributed by atoms with Gasteiger partial charge in [-0.05, 0) is 25.3 Å². The van der Waals surface area contributed by atoms with Crippen LogP contribution >= 0.6 is 22.9 Å². The Morgan fingerprint density at radius 3 is 2.79 bits per heavy atom. The molecule has 3 heterocycles. The maximum atomic E-state index is 12.4. The van der Waals surface area contributed by atoms with Crippen molar-refractivity contribution >= 4 is 50.6 Å². The lowest BCUT2D eigenvalue weighted by Gasteiger charge is -2.31. The molecule has 1 aromatic heterocycles. The number of sulfonamides is 1. The highest BCUT2D eigenvalue weighted by Crippen LogP contribution is 2.43. The lowest BCUT2D eigenvalue weighted by atomic mass is 9.83. The molecule has 1 saturated heterocycles. The van der Waals surface area contributed by atoms with Crippen LogP contribution in [0.1, 0.15) is 49.4 Å². The van der Waals surface area contributed by atoms with Gasteiger partial charge >= 0.3 is 0 Å². The Balaban J connectivity index is 1.82. The molecule has 0 saturated carbocycles. The molecule has 1 fully saturated rings. The number of aliphatic imine (C=N–C) groups is 2. The van der Waals surface area contributed by atoms with Crippen molar-refractivity contribution in [3.8, 4) is 11.3 Å². The minimum absolute atomic E-state index is 0.0219. The van der Waals surface area contributed by atoms with Crippen molar-refractivity contribution in [1.29, 1.82) is 0 Å². The second-order valence-electron chi connectivity index (χ2n) is 8.48. The number of nitrogens with two attached hydrogens (primary N) is 1. The zero-order valence-electron chi connectivity index (χ0n) is 18.7. The third-order valence-corrected chi connectivity index (χ3v) is 9.12. The van der Waals surface area contributed by atoms with Gasteiger partial charge in [-0.1, -0.05) is 37.6 Å². The van der Waals surface area contributed by atoms with E-state index in [4.69, 9.17) is 27.1 Å². The minimum Gasteiger partial charge on any atom is -0.381 e. The Labute approximate surface area is 203 Å². The van der Waals surface area contributed by atoms with E-state index in [1.165, 1.54) is 0 Å². The van der Waals surface area contributed by atoms with Crippen LogP contribution in [0.25, 0.3) is 11.3 Å². The van der Waals surface area contributed by atoms with Crippen LogP contribution in [-0.2, 0) is 20.2 Å². The molecule has 0 bridgehead atoms. The first-order valence-electron chi connectivity index (χ1n) is 10.9. The predicted molar refractivity (Wildman–Crippen MR) is 135 cm³/mol. The van der Waals surface area contributed by atoms with E-state index in [2.05, 4.69) is 21.6 Å². The molecule has 2 aliphatic rings. The molecule has 0 radical (unpaired) electrons. The second kappa shape index (κ2) is 9.79. The fourth-order valence-corrected chi connectivity index (χ4v) is 6.67. The van der Waals surface area contributed by atoms with Crippen molar-refractivity contribution in [3.63, 3.8) is 0 Å². The van der Waals surface area contributed by atoms with Gasteiger partial charge in [-0.2, -0.15) is 0 Å². The van der Waals surface area contributed by atoms with Crippen LogP contribution in [0.15, 0.2) is 28.2 Å². The van der Waals surface area contributed by atoms with Gasteiger partial charge in [0.25, 0.3) is 0 Å². The van der Waals surface area contributed by atoms with Crippen molar-refractivity contribution in [2.45, 2.75) is 51.2 Å². The summed E-state index contributed by atoms with van der Waals surface area (Å²) in [5, 5.41) is 1.30. The summed E-state index contributed by atoms with van der Waals surface area (Å²) in [6.07, 6.45) is 3.92. The van der Waals surface area contributed by atoms with Gasteiger partial charge < -0.3 is 4.74 Å². The third-order valence-electron chi connectivity index (χ3n) is 5.82. The summed E-state index contributed by atoms with van der Waals surface area (Å²) in [6, 6.07) is 5.29. The Morgan fingerprint density at radius 1 is 1.33 bits per heavy atom. The first-order valence-corrected chi connectivity index (χ1v) is 13.8. The van der Waals surface area contributed by atoms with Gasteiger partial charge in [-0.25, -0.2) is 18.4 Å². The number of nitrogens with one attached hydrogen (secondary N) is 1. The van der Waals surface area contributed by atoms with E-state index in [9.17, 15) is 8.42 Å². The van der Waals surface area contributed by atoms with Gasteiger partial charge in [0.2, 0.25) is 10.0 Å². The van der Waals surface area contributed by atoms with Crippen molar-refractivity contribution in [2.24, 2.45) is 15.7 Å². The fraction of sp³-hybridized carbons (Fsp3) is 0.500. The van der Waals surface area contributed by atoms with Gasteiger partial charge in [-0.15, -0.1) is 11.3 Å². The smallest absolute Gasteiger partial charge is 0.232 e. The summed E-state index contributed by atoms with van der Waals surface area (Å²) < 4.78 is 32.9. The van der Waals surface area contributed by atoms with E-state index in [-0.39, 0.29) is 11.2 Å². The highest BCUT2D eigenvalue weighted by Gasteiger charge is 2.35. The third kappa shape index (κ3) is 5.30. The van der Waals surface area contributed by atoms with Gasteiger partial charge in [0.15, 0.2) is 6.29 Å². The maximum Gasteiger partial charge on any atom is 0.232 e. The monoisotopic (exact) mass is 509 g/mol. The van der Waals surface area contributed by atoms with E-state index in [0.717, 1.165) is 28.4 Å². The van der Waals surface area contributed by atoms with Gasteiger partial charge in [-0.3, -0.25) is 15.4 Å². The van der Waals surface area contributed by atoms with E-state index >= 15 is 0 Å². The number of benzene rings is 1. The zero-order valence-corrected chi connectivity index (χ0v) is 21.1. The largest absolute Gasteiger partial charge is 0.381 e. The first-order chi connectivity index (χ1) is 15.7. The fourth-order valence-electron chi connectivity index (χ4n) is 3.92. The quantitative estimate of drug-likeness (QED) is 0.580. The highest BCUT2D eigenvalue weighted by molar-refractivity contribution is 7.92. The highest BCUT2D eigenvalue weighted by atomic mass is 35.5. The van der Waals surface area contributed by atoms with Crippen molar-refractivity contribution in [2.75, 3.05) is 23.7 Å². The number of hydrogen-bond acceptors (Lipinski definition) is 8. The number of nitrogens with zero attached hydrogens (tertiary/aromatic N) is 3. The minimum atomic E-state index is -3.49. The molecular weight excluding hydrogens is 482 g/mol. The van der Waals surface area contributed by atoms with E-state index in [1.807, 2.05) is 13.0 Å². The van der Waals surface area contributed by atoms with Crippen LogP contribution in [0.3, 0.4) is 0 Å². The molecule has 1 unspecified atom stereocenters. The molecule has 2 aromatic rings. The average Bonchev–Trinajstić information content (AvgIpc) is 3.22. The number of ether oxygens (including phenoxy) is 1. The molecule has 1 atom stereocenters. The predicted octanol–water partition coefficient (Wildman–Crippen LogP) is 4.19. The maximum absolute atomic E-state index is 12.4.